The highest BCUT2D eigenvalue weighted by Crippen LogP contribution is 2.26. The molecule has 4 nitrogen and oxygen atoms in total. The van der Waals surface area contributed by atoms with Crippen molar-refractivity contribution in [1.29, 1.82) is 0 Å². The summed E-state index contributed by atoms with van der Waals surface area (Å²) in [6.07, 6.45) is -0.550. The second-order valence-electron chi connectivity index (χ2n) is 4.31. The van der Waals surface area contributed by atoms with Gasteiger partial charge in [0.2, 0.25) is 0 Å². The molecule has 4 heteroatoms. The molecule has 96 valence electrons. The fourth-order valence-electron chi connectivity index (χ4n) is 1.81. The minimum absolute atomic E-state index is 0.394. The summed E-state index contributed by atoms with van der Waals surface area (Å²) in [5.74, 6) is 1.45. The van der Waals surface area contributed by atoms with Gasteiger partial charge in [0.25, 0.3) is 0 Å². The normalized spacial score (nSPS) is 12.4. The van der Waals surface area contributed by atoms with E-state index in [0.29, 0.717) is 12.4 Å². The van der Waals surface area contributed by atoms with E-state index >= 15 is 0 Å². The Balaban J connectivity index is 2.16. The van der Waals surface area contributed by atoms with Crippen LogP contribution in [0.2, 0.25) is 0 Å². The molecule has 0 saturated heterocycles. The third-order valence-electron chi connectivity index (χ3n) is 2.92. The predicted octanol–water partition coefficient (Wildman–Crippen LogP) is 2.92. The van der Waals surface area contributed by atoms with Crippen LogP contribution in [0.15, 0.2) is 28.8 Å². The molecule has 1 N–H and O–H groups in total. The first-order valence-electron chi connectivity index (χ1n) is 5.91. The minimum atomic E-state index is -0.550. The first-order chi connectivity index (χ1) is 8.59. The Bertz CT molecular complexity index is 512. The first kappa shape index (κ1) is 12.6. The Labute approximate surface area is 106 Å². The zero-order valence-electron chi connectivity index (χ0n) is 10.8. The van der Waals surface area contributed by atoms with Gasteiger partial charge in [0.05, 0.1) is 17.4 Å². The van der Waals surface area contributed by atoms with Crippen molar-refractivity contribution in [2.24, 2.45) is 0 Å². The van der Waals surface area contributed by atoms with Gasteiger partial charge in [-0.3, -0.25) is 0 Å². The number of aryl methyl sites for hydroxylation is 2. The van der Waals surface area contributed by atoms with Gasteiger partial charge >= 0.3 is 0 Å². The summed E-state index contributed by atoms with van der Waals surface area (Å²) in [6.45, 7) is 5.86. The van der Waals surface area contributed by atoms with Crippen LogP contribution in [-0.2, 0) is 6.61 Å². The molecule has 0 radical (unpaired) electrons. The SMILES string of the molecule is Cc1noc(C)c1COc1ccccc1[C@H](C)O. The standard InChI is InChI=1S/C14H17NO3/c1-9-13(11(3)18-15-9)8-17-14-7-5-4-6-12(14)10(2)16/h4-7,10,16H,8H2,1-3H3/t10-/m0/s1. The van der Waals surface area contributed by atoms with Crippen LogP contribution in [-0.4, -0.2) is 10.3 Å². The van der Waals surface area contributed by atoms with Gasteiger partial charge in [-0.2, -0.15) is 0 Å². The highest BCUT2D eigenvalue weighted by atomic mass is 16.5. The van der Waals surface area contributed by atoms with E-state index < -0.39 is 6.10 Å². The van der Waals surface area contributed by atoms with Crippen molar-refractivity contribution in [3.8, 4) is 5.75 Å². The number of hydrogen-bond acceptors (Lipinski definition) is 4. The monoisotopic (exact) mass is 247 g/mol. The van der Waals surface area contributed by atoms with Crippen LogP contribution in [0.4, 0.5) is 0 Å². The Hall–Kier alpha value is -1.81. The van der Waals surface area contributed by atoms with Crippen molar-refractivity contribution in [2.75, 3.05) is 0 Å². The molecule has 0 bridgehead atoms. The molecule has 0 spiro atoms. The number of para-hydroxylation sites is 1. The maximum Gasteiger partial charge on any atom is 0.140 e. The molecule has 1 atom stereocenters. The van der Waals surface area contributed by atoms with Gasteiger partial charge in [-0.25, -0.2) is 0 Å². The second-order valence-corrected chi connectivity index (χ2v) is 4.31. The van der Waals surface area contributed by atoms with E-state index in [1.165, 1.54) is 0 Å². The van der Waals surface area contributed by atoms with Crippen LogP contribution in [0.1, 0.15) is 35.6 Å². The van der Waals surface area contributed by atoms with Gasteiger partial charge in [-0.15, -0.1) is 0 Å². The summed E-state index contributed by atoms with van der Waals surface area (Å²) >= 11 is 0. The second kappa shape index (κ2) is 5.23. The van der Waals surface area contributed by atoms with E-state index in [9.17, 15) is 5.11 Å². The third-order valence-corrected chi connectivity index (χ3v) is 2.92. The van der Waals surface area contributed by atoms with Gasteiger partial charge in [0.1, 0.15) is 18.1 Å². The lowest BCUT2D eigenvalue weighted by Gasteiger charge is -2.12. The number of nitrogens with zero attached hydrogens (tertiary/aromatic N) is 1. The molecule has 2 aromatic rings. The number of rotatable bonds is 4. The lowest BCUT2D eigenvalue weighted by molar-refractivity contribution is 0.190. The van der Waals surface area contributed by atoms with Gasteiger partial charge in [0, 0.05) is 5.56 Å². The van der Waals surface area contributed by atoms with Crippen LogP contribution in [0.3, 0.4) is 0 Å². The maximum absolute atomic E-state index is 9.66. The van der Waals surface area contributed by atoms with E-state index in [2.05, 4.69) is 5.16 Å². The van der Waals surface area contributed by atoms with E-state index in [1.807, 2.05) is 38.1 Å². The maximum atomic E-state index is 9.66. The zero-order valence-corrected chi connectivity index (χ0v) is 10.8. The number of hydrogen-bond donors (Lipinski definition) is 1. The van der Waals surface area contributed by atoms with E-state index in [4.69, 9.17) is 9.26 Å². The third kappa shape index (κ3) is 2.54. The van der Waals surface area contributed by atoms with Crippen LogP contribution in [0, 0.1) is 13.8 Å². The number of aromatic nitrogens is 1. The van der Waals surface area contributed by atoms with Gasteiger partial charge in [-0.1, -0.05) is 23.4 Å². The molecule has 0 unspecified atom stereocenters. The fraction of sp³-hybridized carbons (Fsp3) is 0.357. The van der Waals surface area contributed by atoms with Gasteiger partial charge in [-0.05, 0) is 26.8 Å². The van der Waals surface area contributed by atoms with Crippen molar-refractivity contribution >= 4 is 0 Å². The molecule has 1 aromatic heterocycles. The summed E-state index contributed by atoms with van der Waals surface area (Å²) in [5, 5.41) is 13.5. The number of aliphatic hydroxyl groups is 1. The van der Waals surface area contributed by atoms with Crippen molar-refractivity contribution in [3.05, 3.63) is 46.8 Å². The van der Waals surface area contributed by atoms with Crippen molar-refractivity contribution < 1.29 is 14.4 Å². The smallest absolute Gasteiger partial charge is 0.140 e. The molecule has 0 saturated carbocycles. The number of benzene rings is 1. The Morgan fingerprint density at radius 2 is 2.06 bits per heavy atom. The molecule has 0 aliphatic heterocycles. The van der Waals surface area contributed by atoms with Gasteiger partial charge < -0.3 is 14.4 Å². The van der Waals surface area contributed by atoms with Crippen LogP contribution in [0.25, 0.3) is 0 Å². The topological polar surface area (TPSA) is 55.5 Å². The highest BCUT2D eigenvalue weighted by Gasteiger charge is 2.12. The molecule has 0 aliphatic carbocycles. The largest absolute Gasteiger partial charge is 0.488 e. The van der Waals surface area contributed by atoms with E-state index in [0.717, 1.165) is 22.6 Å². The first-order valence-corrected chi connectivity index (χ1v) is 5.91. The zero-order chi connectivity index (χ0) is 13.1. The molecular formula is C14H17NO3. The summed E-state index contributed by atoms with van der Waals surface area (Å²) in [6, 6.07) is 7.47. The molecule has 0 amide bonds. The molecule has 18 heavy (non-hydrogen) atoms. The van der Waals surface area contributed by atoms with Crippen molar-refractivity contribution in [2.45, 2.75) is 33.5 Å². The van der Waals surface area contributed by atoms with Crippen LogP contribution >= 0.6 is 0 Å². The predicted molar refractivity (Wildman–Crippen MR) is 67.4 cm³/mol. The molecule has 2 rings (SSSR count). The molecule has 0 fully saturated rings. The van der Waals surface area contributed by atoms with Crippen LogP contribution in [0.5, 0.6) is 5.75 Å². The Morgan fingerprint density at radius 3 is 2.67 bits per heavy atom. The van der Waals surface area contributed by atoms with E-state index in [1.54, 1.807) is 6.92 Å². The molecule has 0 aliphatic rings. The van der Waals surface area contributed by atoms with Crippen molar-refractivity contribution in [1.82, 2.24) is 5.16 Å². The summed E-state index contributed by atoms with van der Waals surface area (Å²) in [5.41, 5.74) is 2.57. The number of ether oxygens (including phenoxy) is 1. The summed E-state index contributed by atoms with van der Waals surface area (Å²) in [4.78, 5) is 0. The highest BCUT2D eigenvalue weighted by molar-refractivity contribution is 5.35. The lowest BCUT2D eigenvalue weighted by Crippen LogP contribution is -2.02. The minimum Gasteiger partial charge on any atom is -0.488 e. The molecule has 1 heterocycles. The lowest BCUT2D eigenvalue weighted by atomic mass is 10.1. The average Bonchev–Trinajstić information content (AvgIpc) is 2.67. The van der Waals surface area contributed by atoms with Gasteiger partial charge in [0.15, 0.2) is 0 Å². The fourth-order valence-corrected chi connectivity index (χ4v) is 1.81. The van der Waals surface area contributed by atoms with Crippen molar-refractivity contribution in [3.63, 3.8) is 0 Å². The number of aliphatic hydroxyl groups excluding tert-OH is 1. The quantitative estimate of drug-likeness (QED) is 0.902. The van der Waals surface area contributed by atoms with Crippen LogP contribution < -0.4 is 4.74 Å². The summed E-state index contributed by atoms with van der Waals surface area (Å²) < 4.78 is 10.8. The summed E-state index contributed by atoms with van der Waals surface area (Å²) in [7, 11) is 0. The average molecular weight is 247 g/mol. The Kier molecular flexibility index (Phi) is 3.67. The van der Waals surface area contributed by atoms with E-state index in [-0.39, 0.29) is 0 Å². The molecular weight excluding hydrogens is 230 g/mol. The Morgan fingerprint density at radius 1 is 1.33 bits per heavy atom. The molecule has 1 aromatic carbocycles.